The van der Waals surface area contributed by atoms with Crippen molar-refractivity contribution >= 4 is 12.2 Å². The Morgan fingerprint density at radius 2 is 1.30 bits per heavy atom. The number of amides is 2. The number of carbonyl (C=O) groups is 2. The number of carbonyl (C=O) groups excluding carboxylic acids is 2. The highest BCUT2D eigenvalue weighted by Crippen LogP contribution is 2.35. The van der Waals surface area contributed by atoms with Crippen LogP contribution in [0.3, 0.4) is 0 Å². The number of ether oxygens (including phenoxy) is 3. The molecule has 2 unspecified atom stereocenters. The van der Waals surface area contributed by atoms with Crippen LogP contribution in [0.25, 0.3) is 0 Å². The predicted octanol–water partition coefficient (Wildman–Crippen LogP) is 6.27. The highest BCUT2D eigenvalue weighted by atomic mass is 16.6. The summed E-state index contributed by atoms with van der Waals surface area (Å²) in [7, 11) is 0. The topological polar surface area (TPSA) is 110 Å². The lowest BCUT2D eigenvalue weighted by Gasteiger charge is -2.38. The van der Waals surface area contributed by atoms with Gasteiger partial charge in [0, 0.05) is 74.7 Å². The summed E-state index contributed by atoms with van der Waals surface area (Å²) in [4.78, 5) is 52.1. The number of hydrogen-bond acceptors (Lipinski definition) is 9. The quantitative estimate of drug-likeness (QED) is 0.263. The number of nitrogens with zero attached hydrogens (tertiary/aromatic N) is 6. The largest absolute Gasteiger partial charge is 0.477 e. The van der Waals surface area contributed by atoms with E-state index in [9.17, 15) is 14.4 Å². The molecule has 6 rings (SSSR count). The van der Waals surface area contributed by atoms with Gasteiger partial charge in [0.15, 0.2) is 0 Å². The average Bonchev–Trinajstić information content (AvgIpc) is 3.61. The number of hydrogen-bond donors (Lipinski definition) is 0. The lowest BCUT2D eigenvalue weighted by Crippen LogP contribution is -2.43. The van der Waals surface area contributed by atoms with Gasteiger partial charge in [-0.15, -0.1) is 0 Å². The first kappa shape index (κ1) is 40.0. The monoisotopic (exact) mass is 748 g/mol. The van der Waals surface area contributed by atoms with Crippen LogP contribution >= 0.6 is 0 Å². The molecule has 54 heavy (non-hydrogen) atoms. The molecule has 4 aliphatic rings. The maximum absolute atomic E-state index is 13.8. The number of likely N-dealkylation sites (tertiary alicyclic amines) is 4. The fourth-order valence-electron chi connectivity index (χ4n) is 9.44. The van der Waals surface area contributed by atoms with Crippen molar-refractivity contribution in [2.75, 3.05) is 72.2 Å². The van der Waals surface area contributed by atoms with E-state index in [-0.39, 0.29) is 23.7 Å². The van der Waals surface area contributed by atoms with Crippen molar-refractivity contribution in [2.45, 2.75) is 122 Å². The third kappa shape index (κ3) is 9.96. The van der Waals surface area contributed by atoms with E-state index in [0.29, 0.717) is 50.8 Å². The molecular formula is C42H64N6O6. The average molecular weight is 749 g/mol. The van der Waals surface area contributed by atoms with E-state index in [1.54, 1.807) is 0 Å². The molecule has 0 aromatic carbocycles. The Hall–Kier alpha value is -3.64. The van der Waals surface area contributed by atoms with Crippen LogP contribution in [0.15, 0.2) is 35.4 Å². The summed E-state index contributed by atoms with van der Waals surface area (Å²) in [6.45, 7) is 14.8. The van der Waals surface area contributed by atoms with Crippen molar-refractivity contribution in [2.24, 2.45) is 0 Å². The number of rotatable bonds is 11. The van der Waals surface area contributed by atoms with Gasteiger partial charge in [-0.2, -0.15) is 0 Å². The molecule has 0 radical (unpaired) electrons. The van der Waals surface area contributed by atoms with E-state index < -0.39 is 0 Å². The summed E-state index contributed by atoms with van der Waals surface area (Å²) in [5.74, 6) is 1.33. The van der Waals surface area contributed by atoms with Gasteiger partial charge in [0.2, 0.25) is 5.88 Å². The zero-order chi connectivity index (χ0) is 37.9. The second kappa shape index (κ2) is 19.8. The van der Waals surface area contributed by atoms with E-state index in [1.165, 1.54) is 5.56 Å². The standard InChI is InChI=1S/C42H64N6O6/c1-4-44-24-15-34(38(40(44)49)33-16-27-46(28-17-33)36-11-9-23-48(30-19-36)42(51)53-6-3)20-31-54-39-37(12-7-21-43-39)32-13-25-45(26-14-32)35-10-8-22-47(29-18-35)41(50)52-5-2/h7,12,15,21,24,32-33,35-36H,4-6,8-11,13-14,16-20,22-23,25-31H2,1-3H3. The zero-order valence-electron chi connectivity index (χ0n) is 33.1. The molecule has 298 valence electrons. The Morgan fingerprint density at radius 3 is 1.85 bits per heavy atom. The molecule has 0 N–H and O–H groups in total. The van der Waals surface area contributed by atoms with Gasteiger partial charge in [0.05, 0.1) is 19.8 Å². The maximum Gasteiger partial charge on any atom is 0.409 e. The molecular weight excluding hydrogens is 684 g/mol. The van der Waals surface area contributed by atoms with E-state index in [4.69, 9.17) is 19.2 Å². The molecule has 2 atom stereocenters. The SMILES string of the molecule is CCOC(=O)N1CCCC(N2CCC(c3cccnc3OCCc3ccn(CC)c(=O)c3C3CCN(C4CCCN(C(=O)OCC)CC4)CC3)CC2)CC1. The number of aromatic nitrogens is 2. The minimum absolute atomic E-state index is 0.139. The van der Waals surface area contributed by atoms with Crippen molar-refractivity contribution < 1.29 is 23.8 Å². The predicted molar refractivity (Wildman–Crippen MR) is 209 cm³/mol. The highest BCUT2D eigenvalue weighted by molar-refractivity contribution is 5.68. The minimum Gasteiger partial charge on any atom is -0.477 e. The van der Waals surface area contributed by atoms with Crippen LogP contribution in [0.2, 0.25) is 0 Å². The summed E-state index contributed by atoms with van der Waals surface area (Å²) < 4.78 is 18.8. The Morgan fingerprint density at radius 1 is 0.722 bits per heavy atom. The van der Waals surface area contributed by atoms with Crippen LogP contribution in [-0.2, 0) is 22.4 Å². The number of aryl methyl sites for hydroxylation is 1. The van der Waals surface area contributed by atoms with Crippen molar-refractivity contribution in [3.05, 3.63) is 57.6 Å². The molecule has 0 bridgehead atoms. The van der Waals surface area contributed by atoms with Crippen LogP contribution in [0.5, 0.6) is 5.88 Å². The van der Waals surface area contributed by atoms with Crippen molar-refractivity contribution in [3.63, 3.8) is 0 Å². The fourth-order valence-corrected chi connectivity index (χ4v) is 9.44. The van der Waals surface area contributed by atoms with Gasteiger partial charge in [0.1, 0.15) is 0 Å². The van der Waals surface area contributed by atoms with E-state index in [1.807, 2.05) is 53.6 Å². The summed E-state index contributed by atoms with van der Waals surface area (Å²) >= 11 is 0. The Kier molecular flexibility index (Phi) is 14.7. The van der Waals surface area contributed by atoms with E-state index in [2.05, 4.69) is 21.9 Å². The van der Waals surface area contributed by atoms with Crippen molar-refractivity contribution in [1.82, 2.24) is 29.2 Å². The molecule has 2 aromatic rings. The summed E-state index contributed by atoms with van der Waals surface area (Å²) in [6.07, 6.45) is 14.3. The van der Waals surface area contributed by atoms with Gasteiger partial charge in [-0.05, 0) is 141 Å². The third-order valence-electron chi connectivity index (χ3n) is 12.4. The Bertz CT molecular complexity index is 1570. The number of pyridine rings is 2. The number of piperidine rings is 2. The lowest BCUT2D eigenvalue weighted by atomic mass is 9.85. The van der Waals surface area contributed by atoms with Gasteiger partial charge < -0.3 is 38.4 Å². The maximum atomic E-state index is 13.8. The summed E-state index contributed by atoms with van der Waals surface area (Å²) in [5, 5.41) is 0. The van der Waals surface area contributed by atoms with Crippen LogP contribution in [-0.4, -0.2) is 126 Å². The van der Waals surface area contributed by atoms with Crippen LogP contribution in [0.4, 0.5) is 9.59 Å². The molecule has 4 aliphatic heterocycles. The molecule has 2 amide bonds. The van der Waals surface area contributed by atoms with Gasteiger partial charge in [-0.25, -0.2) is 14.6 Å². The Balaban J connectivity index is 1.03. The molecule has 6 heterocycles. The molecule has 4 fully saturated rings. The van der Waals surface area contributed by atoms with Crippen molar-refractivity contribution in [3.8, 4) is 5.88 Å². The second-order valence-corrected chi connectivity index (χ2v) is 15.5. The summed E-state index contributed by atoms with van der Waals surface area (Å²) in [5.41, 5.74) is 3.39. The highest BCUT2D eigenvalue weighted by Gasteiger charge is 2.32. The van der Waals surface area contributed by atoms with Crippen molar-refractivity contribution in [1.29, 1.82) is 0 Å². The van der Waals surface area contributed by atoms with Crippen LogP contribution < -0.4 is 10.3 Å². The van der Waals surface area contributed by atoms with Crippen LogP contribution in [0.1, 0.15) is 114 Å². The molecule has 12 heteroatoms. The molecule has 0 spiro atoms. The first-order chi connectivity index (χ1) is 26.4. The minimum atomic E-state index is -0.193. The van der Waals surface area contributed by atoms with Gasteiger partial charge in [-0.1, -0.05) is 6.07 Å². The third-order valence-corrected chi connectivity index (χ3v) is 12.4. The van der Waals surface area contributed by atoms with E-state index >= 15 is 0 Å². The van der Waals surface area contributed by atoms with E-state index in [0.717, 1.165) is 134 Å². The van der Waals surface area contributed by atoms with Gasteiger partial charge in [0.25, 0.3) is 5.56 Å². The van der Waals surface area contributed by atoms with Gasteiger partial charge in [-0.3, -0.25) is 4.79 Å². The molecule has 0 saturated carbocycles. The Labute approximate surface area is 322 Å². The second-order valence-electron chi connectivity index (χ2n) is 15.5. The van der Waals surface area contributed by atoms with Crippen LogP contribution in [0, 0.1) is 0 Å². The summed E-state index contributed by atoms with van der Waals surface area (Å²) in [6, 6.07) is 7.29. The smallest absolute Gasteiger partial charge is 0.409 e. The normalized spacial score (nSPS) is 22.7. The fraction of sp³-hybridized carbons (Fsp3) is 0.714. The molecule has 4 saturated heterocycles. The first-order valence-electron chi connectivity index (χ1n) is 21.0. The lowest BCUT2D eigenvalue weighted by molar-refractivity contribution is 0.104. The zero-order valence-corrected chi connectivity index (χ0v) is 33.1. The molecule has 2 aromatic heterocycles. The van der Waals surface area contributed by atoms with Gasteiger partial charge >= 0.3 is 12.2 Å². The molecule has 12 nitrogen and oxygen atoms in total. The molecule has 0 aliphatic carbocycles. The first-order valence-corrected chi connectivity index (χ1v) is 21.0.